The molecule has 0 radical (unpaired) electrons. The number of aliphatic hydroxyl groups is 4. The molecular formula is C12H26O30P6. The van der Waals surface area contributed by atoms with Crippen molar-refractivity contribution in [2.45, 2.75) is 48.8 Å². The number of ether oxygens (including phenoxy) is 1. The smallest absolute Gasteiger partial charge is 0.470 e. The van der Waals surface area contributed by atoms with Crippen LogP contribution in [0.3, 0.4) is 0 Å². The fourth-order valence-corrected chi connectivity index (χ4v) is 6.96. The minimum Gasteiger partial charge on any atom is -0.505 e. The largest absolute Gasteiger partial charge is 0.505 e. The maximum atomic E-state index is 11.4. The molecule has 0 spiro atoms. The maximum Gasteiger partial charge on any atom is 0.470 e. The first kappa shape index (κ1) is 45.4. The molecular weight excluding hydrogens is 810 g/mol. The first-order valence-corrected chi connectivity index (χ1v) is 20.4. The van der Waals surface area contributed by atoms with Gasteiger partial charge in [0, 0.05) is 0 Å². The molecule has 36 heteroatoms. The predicted octanol–water partition coefficient (Wildman–Crippen LogP) is -4.54. The molecule has 1 aliphatic heterocycles. The standard InChI is InChI=1S/C6H18O24P6.C6H8O6/c7-31(8,9)25-1-2(26-32(10,11)12)4(28-34(16,17)18)6(30-36(22,23)24)5(29-35(19,20)21)3(1)27-33(13,14)15;7-1-2(8)5-3(9)4(10)6(11)12-5/h1-6H,(H2,7,8,9)(H2,10,11,12)(H2,13,14,15)(H2,16,17,18)(H2,19,20,21)(H2,22,23,24);2,5,7-10H,1H2/t1-,2-,3-,4+,5-,6-;2-,5+/m.0/s1. The van der Waals surface area contributed by atoms with Gasteiger partial charge >= 0.3 is 52.9 Å². The van der Waals surface area contributed by atoms with Crippen LogP contribution in [0.1, 0.15) is 0 Å². The van der Waals surface area contributed by atoms with E-state index in [1.54, 1.807) is 0 Å². The Kier molecular flexibility index (Phi) is 15.5. The van der Waals surface area contributed by atoms with Crippen LogP contribution in [0.5, 0.6) is 0 Å². The van der Waals surface area contributed by atoms with Gasteiger partial charge in [0.05, 0.1) is 6.61 Å². The van der Waals surface area contributed by atoms with E-state index in [1.807, 2.05) is 0 Å². The highest BCUT2D eigenvalue weighted by Crippen LogP contribution is 2.57. The van der Waals surface area contributed by atoms with Crippen molar-refractivity contribution in [1.29, 1.82) is 0 Å². The van der Waals surface area contributed by atoms with E-state index in [4.69, 9.17) is 79.1 Å². The molecule has 30 nitrogen and oxygen atoms in total. The number of hydrogen-bond acceptors (Lipinski definition) is 18. The second kappa shape index (κ2) is 16.4. The molecule has 1 aliphatic carbocycles. The summed E-state index contributed by atoms with van der Waals surface area (Å²) in [7, 11) is -36.1. The Morgan fingerprint density at radius 2 is 0.729 bits per heavy atom. The zero-order valence-electron chi connectivity index (χ0n) is 22.4. The van der Waals surface area contributed by atoms with Crippen LogP contribution in [-0.2, 0) is 64.1 Å². The number of rotatable bonds is 14. The van der Waals surface area contributed by atoms with Gasteiger partial charge in [-0.05, 0) is 0 Å². The average Bonchev–Trinajstić information content (AvgIpc) is 3.08. The number of aliphatic hydroxyl groups excluding tert-OH is 4. The molecule has 48 heavy (non-hydrogen) atoms. The van der Waals surface area contributed by atoms with Crippen molar-refractivity contribution in [2.24, 2.45) is 0 Å². The van der Waals surface area contributed by atoms with E-state index in [1.165, 1.54) is 0 Å². The Hall–Kier alpha value is -0.610. The first-order valence-electron chi connectivity index (χ1n) is 11.2. The second-order valence-corrected chi connectivity index (χ2v) is 15.8. The van der Waals surface area contributed by atoms with Crippen LogP contribution in [0.15, 0.2) is 11.5 Å². The van der Waals surface area contributed by atoms with Gasteiger partial charge in [-0.25, -0.2) is 32.2 Å². The summed E-state index contributed by atoms with van der Waals surface area (Å²) in [5.41, 5.74) is 0. The number of carbonyl (C=O) groups is 1. The molecule has 284 valence electrons. The summed E-state index contributed by atoms with van der Waals surface area (Å²) < 4.78 is 97.5. The van der Waals surface area contributed by atoms with Crippen molar-refractivity contribution in [3.8, 4) is 0 Å². The van der Waals surface area contributed by atoms with E-state index in [0.717, 1.165) is 0 Å². The highest BCUT2D eigenvalue weighted by molar-refractivity contribution is 7.47. The number of cyclic esters (lactones) is 1. The van der Waals surface area contributed by atoms with E-state index in [9.17, 15) is 32.2 Å². The Morgan fingerprint density at radius 1 is 0.521 bits per heavy atom. The summed E-state index contributed by atoms with van der Waals surface area (Å²) in [5.74, 6) is -2.78. The van der Waals surface area contributed by atoms with E-state index >= 15 is 0 Å². The first-order chi connectivity index (χ1) is 21.1. The summed E-state index contributed by atoms with van der Waals surface area (Å²) in [6.45, 7) is -0.671. The molecule has 1 saturated carbocycles. The van der Waals surface area contributed by atoms with Crippen molar-refractivity contribution in [2.75, 3.05) is 6.61 Å². The third kappa shape index (κ3) is 15.7. The van der Waals surface area contributed by atoms with Crippen molar-refractivity contribution < 1.29 is 143 Å². The number of phosphoric ester groups is 6. The predicted molar refractivity (Wildman–Crippen MR) is 137 cm³/mol. The molecule has 16 N–H and O–H groups in total. The van der Waals surface area contributed by atoms with E-state index in [2.05, 4.69) is 31.9 Å². The fourth-order valence-electron chi connectivity index (χ4n) is 3.62. The van der Waals surface area contributed by atoms with Crippen LogP contribution in [-0.4, -0.2) is 141 Å². The molecule has 1 fully saturated rings. The number of phosphoric acid groups is 6. The lowest BCUT2D eigenvalue weighted by Gasteiger charge is -2.48. The monoisotopic (exact) mass is 836 g/mol. The van der Waals surface area contributed by atoms with E-state index < -0.39 is 120 Å². The Balaban J connectivity index is 0.000000800. The molecule has 2 aliphatic rings. The topological polar surface area (TPSA) is 508 Å². The SMILES string of the molecule is O=C1O[C@H]([C@@H](O)CO)C(O)=C1O.O=P(O)(O)O[C@H]1[C@H](OP(=O)(O)O)[C@@H](OP(=O)(O)O)[C@H](OP(=O)(O)O)[C@@H](OP(=O)(O)O)[C@H]1OP(=O)(O)O. The minimum atomic E-state index is -6.02. The number of hydrogen-bond donors (Lipinski definition) is 16. The normalized spacial score (nSPS) is 28.5. The summed E-state index contributed by atoms with van der Waals surface area (Å²) in [5, 5.41) is 35.0. The van der Waals surface area contributed by atoms with Crippen molar-refractivity contribution in [3.63, 3.8) is 0 Å². The van der Waals surface area contributed by atoms with Crippen LogP contribution >= 0.6 is 46.9 Å². The lowest BCUT2D eigenvalue weighted by Crippen LogP contribution is -2.66. The van der Waals surface area contributed by atoms with Crippen LogP contribution in [0.4, 0.5) is 0 Å². The summed E-state index contributed by atoms with van der Waals surface area (Å²) >= 11 is 0. The number of carbonyl (C=O) groups excluding carboxylic acids is 1. The third-order valence-electron chi connectivity index (χ3n) is 4.97. The molecule has 0 saturated heterocycles. The molecule has 0 unspecified atom stereocenters. The molecule has 1 heterocycles. The van der Waals surface area contributed by atoms with Crippen LogP contribution in [0.2, 0.25) is 0 Å². The molecule has 2 atom stereocenters. The lowest BCUT2D eigenvalue weighted by molar-refractivity contribution is -0.202. The summed E-state index contributed by atoms with van der Waals surface area (Å²) in [6.07, 6.45) is -21.6. The van der Waals surface area contributed by atoms with Crippen molar-refractivity contribution >= 4 is 52.9 Å². The van der Waals surface area contributed by atoms with Crippen LogP contribution in [0.25, 0.3) is 0 Å². The van der Waals surface area contributed by atoms with Crippen molar-refractivity contribution in [1.82, 2.24) is 0 Å². The average molecular weight is 836 g/mol. The van der Waals surface area contributed by atoms with Gasteiger partial charge in [0.1, 0.15) is 42.7 Å². The maximum absolute atomic E-state index is 11.4. The van der Waals surface area contributed by atoms with Gasteiger partial charge in [-0.3, -0.25) is 27.1 Å². The van der Waals surface area contributed by atoms with E-state index in [0.29, 0.717) is 0 Å². The quantitative estimate of drug-likeness (QED) is 0.0579. The second-order valence-electron chi connectivity index (χ2n) is 8.67. The highest BCUT2D eigenvalue weighted by atomic mass is 31.2. The van der Waals surface area contributed by atoms with Gasteiger partial charge in [-0.1, -0.05) is 0 Å². The zero-order valence-corrected chi connectivity index (χ0v) is 27.7. The van der Waals surface area contributed by atoms with Crippen LogP contribution in [0, 0.1) is 0 Å². The molecule has 0 aromatic heterocycles. The zero-order chi connectivity index (χ0) is 38.0. The van der Waals surface area contributed by atoms with Gasteiger partial charge in [-0.2, -0.15) is 0 Å². The minimum absolute atomic E-state index is 0.671. The van der Waals surface area contributed by atoms with Gasteiger partial charge in [0.2, 0.25) is 5.76 Å². The molecule has 0 aromatic carbocycles. The van der Waals surface area contributed by atoms with Gasteiger partial charge in [-0.15, -0.1) is 0 Å². The van der Waals surface area contributed by atoms with Gasteiger partial charge < -0.3 is 83.9 Å². The summed E-state index contributed by atoms with van der Waals surface area (Å²) in [6, 6.07) is 0. The third-order valence-corrected chi connectivity index (χ3v) is 8.08. The fraction of sp³-hybridized carbons (Fsp3) is 0.750. The molecule has 2 rings (SSSR count). The molecule has 0 amide bonds. The van der Waals surface area contributed by atoms with Gasteiger partial charge in [0.25, 0.3) is 0 Å². The Bertz CT molecular complexity index is 1220. The molecule has 0 bridgehead atoms. The van der Waals surface area contributed by atoms with Crippen LogP contribution < -0.4 is 0 Å². The van der Waals surface area contributed by atoms with Gasteiger partial charge in [0.15, 0.2) is 11.9 Å². The lowest BCUT2D eigenvalue weighted by atomic mass is 9.85. The van der Waals surface area contributed by atoms with E-state index in [-0.39, 0.29) is 0 Å². The van der Waals surface area contributed by atoms with Crippen molar-refractivity contribution in [3.05, 3.63) is 11.5 Å². The molecule has 0 aromatic rings. The Labute approximate surface area is 263 Å². The summed E-state index contributed by atoms with van der Waals surface area (Å²) in [4.78, 5) is 120. The Morgan fingerprint density at radius 3 is 0.854 bits per heavy atom. The number of esters is 1. The highest BCUT2D eigenvalue weighted by Gasteiger charge is 2.62.